The van der Waals surface area contributed by atoms with Crippen LogP contribution >= 0.6 is 0 Å². The topological polar surface area (TPSA) is 40.5 Å². The highest BCUT2D eigenvalue weighted by molar-refractivity contribution is 6.76. The van der Waals surface area contributed by atoms with E-state index in [1.54, 1.807) is 0 Å². The van der Waals surface area contributed by atoms with Crippen LogP contribution in [0.1, 0.15) is 35.9 Å². The first kappa shape index (κ1) is 16.9. The van der Waals surface area contributed by atoms with Gasteiger partial charge in [-0.3, -0.25) is 4.98 Å². The maximum absolute atomic E-state index is 4.34. The third-order valence-electron chi connectivity index (χ3n) is 4.15. The fourth-order valence-electron chi connectivity index (χ4n) is 3.04. The molecule has 22 heavy (non-hydrogen) atoms. The predicted octanol–water partition coefficient (Wildman–Crippen LogP) is 4.27. The minimum Gasteiger partial charge on any atom is -0.351 e. The highest BCUT2D eigenvalue weighted by Gasteiger charge is 2.23. The molecule has 0 bridgehead atoms. The third kappa shape index (κ3) is 5.39. The van der Waals surface area contributed by atoms with Crippen molar-refractivity contribution in [2.45, 2.75) is 50.5 Å². The largest absolute Gasteiger partial charge is 0.351 e. The number of hydrogen-bond donors (Lipinski definition) is 1. The average molecular weight is 314 g/mol. The molecule has 2 unspecified atom stereocenters. The number of rotatable bonds is 7. The molecule has 2 atom stereocenters. The molecule has 1 heterocycles. The summed E-state index contributed by atoms with van der Waals surface area (Å²) in [6.07, 6.45) is 6.11. The maximum atomic E-state index is 4.34. The molecule has 0 aliphatic carbocycles. The van der Waals surface area contributed by atoms with Gasteiger partial charge in [0, 0.05) is 32.5 Å². The van der Waals surface area contributed by atoms with Crippen LogP contribution in [0, 0.1) is 0 Å². The lowest BCUT2D eigenvalue weighted by molar-refractivity contribution is -0.428. The molecule has 0 aliphatic heterocycles. The van der Waals surface area contributed by atoms with Crippen molar-refractivity contribution in [3.05, 3.63) is 66.0 Å². The van der Waals surface area contributed by atoms with E-state index in [1.165, 1.54) is 23.6 Å². The van der Waals surface area contributed by atoms with E-state index in [-0.39, 0.29) is 0 Å². The number of aromatic nitrogens is 1. The van der Waals surface area contributed by atoms with Gasteiger partial charge in [0.05, 0.1) is 0 Å². The zero-order valence-corrected chi connectivity index (χ0v) is 15.1. The van der Waals surface area contributed by atoms with Crippen molar-refractivity contribution in [2.24, 2.45) is 0 Å². The van der Waals surface area contributed by atoms with Crippen molar-refractivity contribution in [3.63, 3.8) is 0 Å². The molecule has 3 N–H and O–H groups in total. The lowest BCUT2D eigenvalue weighted by Crippen LogP contribution is -2.53. The van der Waals surface area contributed by atoms with E-state index in [1.807, 2.05) is 18.5 Å². The minimum absolute atomic E-state index is 0.335. The van der Waals surface area contributed by atoms with Crippen molar-refractivity contribution < 1.29 is 5.73 Å². The van der Waals surface area contributed by atoms with Crippen molar-refractivity contribution in [1.82, 2.24) is 4.98 Å². The Morgan fingerprint density at radius 1 is 0.955 bits per heavy atom. The fraction of sp³-hybridized carbons (Fsp3) is 0.421. The molecule has 0 saturated heterocycles. The number of benzene rings is 1. The van der Waals surface area contributed by atoms with Gasteiger partial charge < -0.3 is 5.73 Å². The highest BCUT2D eigenvalue weighted by Crippen LogP contribution is 2.32. The number of hydrogen-bond acceptors (Lipinski definition) is 1. The molecular weight excluding hydrogens is 284 g/mol. The molecule has 0 aliphatic rings. The predicted molar refractivity (Wildman–Crippen MR) is 96.4 cm³/mol. The molecule has 2 rings (SSSR count). The first-order valence-corrected chi connectivity index (χ1v) is 11.9. The van der Waals surface area contributed by atoms with Gasteiger partial charge >= 0.3 is 0 Å². The summed E-state index contributed by atoms with van der Waals surface area (Å²) in [6.45, 7) is 7.39. The number of nitrogens with zero attached hydrogens (tertiary/aromatic N) is 1. The molecule has 0 spiro atoms. The van der Waals surface area contributed by atoms with Crippen molar-refractivity contribution in [3.8, 4) is 0 Å². The average Bonchev–Trinajstić information content (AvgIpc) is 2.52. The van der Waals surface area contributed by atoms with Crippen LogP contribution in [-0.2, 0) is 0 Å². The zero-order chi connectivity index (χ0) is 16.0. The van der Waals surface area contributed by atoms with E-state index >= 15 is 0 Å². The van der Waals surface area contributed by atoms with E-state index in [9.17, 15) is 0 Å². The van der Waals surface area contributed by atoms with Gasteiger partial charge in [0.2, 0.25) is 0 Å². The van der Waals surface area contributed by atoms with Crippen molar-refractivity contribution in [1.29, 1.82) is 0 Å². The summed E-state index contributed by atoms with van der Waals surface area (Å²) in [5.74, 6) is 0.661. The molecule has 1 aromatic heterocycles. The summed E-state index contributed by atoms with van der Waals surface area (Å²) in [4.78, 5) is 4.22. The second-order valence-electron chi connectivity index (χ2n) is 7.43. The van der Waals surface area contributed by atoms with Gasteiger partial charge in [-0.2, -0.15) is 0 Å². The lowest BCUT2D eigenvalue weighted by Gasteiger charge is -2.25. The highest BCUT2D eigenvalue weighted by atomic mass is 28.3. The minimum atomic E-state index is -1.09. The molecule has 118 valence electrons. The monoisotopic (exact) mass is 313 g/mol. The van der Waals surface area contributed by atoms with Crippen LogP contribution in [0.4, 0.5) is 0 Å². The summed E-state index contributed by atoms with van der Waals surface area (Å²) in [6, 6.07) is 16.8. The van der Waals surface area contributed by atoms with Crippen LogP contribution in [0.5, 0.6) is 0 Å². The van der Waals surface area contributed by atoms with Crippen molar-refractivity contribution >= 4 is 8.07 Å². The Labute approximate surface area is 135 Å². The lowest BCUT2D eigenvalue weighted by atomic mass is 9.92. The Kier molecular flexibility index (Phi) is 5.92. The molecule has 0 fully saturated rings. The van der Waals surface area contributed by atoms with Gasteiger partial charge in [-0.25, -0.2) is 0 Å². The Bertz CT molecular complexity index is 549. The van der Waals surface area contributed by atoms with Gasteiger partial charge in [0.25, 0.3) is 0 Å². The maximum Gasteiger partial charge on any atom is 0.111 e. The van der Waals surface area contributed by atoms with Gasteiger partial charge in [0.15, 0.2) is 0 Å². The smallest absolute Gasteiger partial charge is 0.111 e. The van der Waals surface area contributed by atoms with E-state index in [4.69, 9.17) is 0 Å². The Hall–Kier alpha value is -1.45. The quantitative estimate of drug-likeness (QED) is 0.762. The number of pyridine rings is 1. The molecule has 3 heteroatoms. The van der Waals surface area contributed by atoms with Crippen LogP contribution in [0.2, 0.25) is 25.7 Å². The molecule has 0 saturated carbocycles. The third-order valence-corrected chi connectivity index (χ3v) is 5.87. The Morgan fingerprint density at radius 2 is 1.64 bits per heavy atom. The normalized spacial score (nSPS) is 14.5. The fourth-order valence-corrected chi connectivity index (χ4v) is 4.96. The number of quaternary nitrogens is 1. The van der Waals surface area contributed by atoms with Crippen LogP contribution in [-0.4, -0.2) is 13.1 Å². The van der Waals surface area contributed by atoms with Crippen molar-refractivity contribution in [2.75, 3.05) is 0 Å². The summed E-state index contributed by atoms with van der Waals surface area (Å²) in [5, 5.41) is 0. The van der Waals surface area contributed by atoms with Gasteiger partial charge in [-0.1, -0.05) is 62.1 Å². The van der Waals surface area contributed by atoms with Gasteiger partial charge in [-0.15, -0.1) is 0 Å². The van der Waals surface area contributed by atoms with Crippen LogP contribution in [0.3, 0.4) is 0 Å². The molecule has 2 nitrogen and oxygen atoms in total. The van der Waals surface area contributed by atoms with Gasteiger partial charge in [-0.05, 0) is 24.0 Å². The summed E-state index contributed by atoms with van der Waals surface area (Å²) in [5.41, 5.74) is 7.08. The van der Waals surface area contributed by atoms with E-state index in [2.05, 4.69) is 66.8 Å². The standard InChI is InChI=1S/C19H28N2Si/c1-22(2,3)15-18(16-8-5-4-6-9-16)11-12-19(20)17-10-7-13-21-14-17/h4-10,13-14,18-19H,11-12,15,20H2,1-3H3/p+1. The first-order valence-electron chi connectivity index (χ1n) is 8.23. The van der Waals surface area contributed by atoms with Crippen LogP contribution in [0.15, 0.2) is 54.9 Å². The second kappa shape index (κ2) is 7.70. The Morgan fingerprint density at radius 3 is 2.23 bits per heavy atom. The summed E-state index contributed by atoms with van der Waals surface area (Å²) < 4.78 is 0. The second-order valence-corrected chi connectivity index (χ2v) is 13.0. The Balaban J connectivity index is 2.04. The zero-order valence-electron chi connectivity index (χ0n) is 14.1. The molecule has 2 aromatic rings. The van der Waals surface area contributed by atoms with E-state index in [0.717, 1.165) is 6.42 Å². The van der Waals surface area contributed by atoms with Crippen LogP contribution < -0.4 is 5.73 Å². The van der Waals surface area contributed by atoms with Crippen LogP contribution in [0.25, 0.3) is 0 Å². The van der Waals surface area contributed by atoms with E-state index < -0.39 is 8.07 Å². The SMILES string of the molecule is C[Si](C)(C)CC(CCC([NH3+])c1cccnc1)c1ccccc1. The molecule has 1 aromatic carbocycles. The molecule has 0 amide bonds. The summed E-state index contributed by atoms with van der Waals surface area (Å²) in [7, 11) is -1.09. The molecular formula is C19H29N2Si+. The summed E-state index contributed by atoms with van der Waals surface area (Å²) >= 11 is 0. The molecule has 0 radical (unpaired) electrons. The van der Waals surface area contributed by atoms with E-state index in [0.29, 0.717) is 12.0 Å². The van der Waals surface area contributed by atoms with Gasteiger partial charge in [0.1, 0.15) is 6.04 Å². The first-order chi connectivity index (χ1) is 10.5.